The number of rotatable bonds is 2. The summed E-state index contributed by atoms with van der Waals surface area (Å²) in [5, 5.41) is -0.942. The molecule has 1 aliphatic carbocycles. The van der Waals surface area contributed by atoms with E-state index in [1.54, 1.807) is 12.1 Å². The van der Waals surface area contributed by atoms with Gasteiger partial charge in [0, 0.05) is 16.5 Å². The van der Waals surface area contributed by atoms with Gasteiger partial charge in [-0.15, -0.1) is 0 Å². The van der Waals surface area contributed by atoms with Crippen LogP contribution in [0.1, 0.15) is 45.7 Å². The Bertz CT molecular complexity index is 726. The van der Waals surface area contributed by atoms with E-state index < -0.39 is 10.5 Å². The maximum absolute atomic E-state index is 11.4. The van der Waals surface area contributed by atoms with Crippen molar-refractivity contribution in [1.82, 2.24) is 0 Å². The number of hydrogen-bond acceptors (Lipinski definition) is 2. The van der Waals surface area contributed by atoms with Crippen LogP contribution < -0.4 is 0 Å². The quantitative estimate of drug-likeness (QED) is 0.749. The molecule has 2 nitrogen and oxygen atoms in total. The molecule has 3 rings (SSSR count). The number of benzene rings is 2. The number of halogens is 2. The maximum Gasteiger partial charge on any atom is 0.252 e. The summed E-state index contributed by atoms with van der Waals surface area (Å²) < 4.78 is 0. The molecule has 0 aliphatic heterocycles. The second-order valence-electron chi connectivity index (χ2n) is 5.69. The molecule has 0 spiro atoms. The molecule has 0 amide bonds. The molecule has 4 heteroatoms. The van der Waals surface area contributed by atoms with Gasteiger partial charge in [0.05, 0.1) is 0 Å². The summed E-state index contributed by atoms with van der Waals surface area (Å²) in [4.78, 5) is 22.8. The Balaban J connectivity index is 2.26. The molecular formula is C17H12Cl2O2. The minimum absolute atomic E-state index is 0.310. The van der Waals surface area contributed by atoms with Crippen LogP contribution in [-0.2, 0) is 5.41 Å². The van der Waals surface area contributed by atoms with Crippen molar-refractivity contribution in [3.63, 3.8) is 0 Å². The fourth-order valence-electron chi connectivity index (χ4n) is 2.98. The van der Waals surface area contributed by atoms with E-state index in [1.165, 1.54) is 0 Å². The normalized spacial score (nSPS) is 14.5. The predicted octanol–water partition coefficient (Wildman–Crippen LogP) is 4.75. The zero-order valence-electron chi connectivity index (χ0n) is 11.5. The molecule has 0 bridgehead atoms. The van der Waals surface area contributed by atoms with Gasteiger partial charge < -0.3 is 0 Å². The Kier molecular flexibility index (Phi) is 3.19. The van der Waals surface area contributed by atoms with Crippen molar-refractivity contribution >= 4 is 33.7 Å². The Labute approximate surface area is 132 Å². The van der Waals surface area contributed by atoms with Crippen LogP contribution in [0.3, 0.4) is 0 Å². The highest BCUT2D eigenvalue weighted by Gasteiger charge is 2.36. The first-order valence-electron chi connectivity index (χ1n) is 6.51. The van der Waals surface area contributed by atoms with Crippen molar-refractivity contribution in [3.8, 4) is 11.1 Å². The van der Waals surface area contributed by atoms with Gasteiger partial charge in [-0.25, -0.2) is 0 Å². The van der Waals surface area contributed by atoms with Gasteiger partial charge in [-0.3, -0.25) is 9.59 Å². The molecule has 0 radical (unpaired) electrons. The molecule has 0 aromatic heterocycles. The van der Waals surface area contributed by atoms with E-state index >= 15 is 0 Å². The van der Waals surface area contributed by atoms with Crippen LogP contribution in [0.4, 0.5) is 0 Å². The molecule has 0 N–H and O–H groups in total. The Morgan fingerprint density at radius 1 is 0.810 bits per heavy atom. The van der Waals surface area contributed by atoms with Crippen LogP contribution in [0.5, 0.6) is 0 Å². The monoisotopic (exact) mass is 318 g/mol. The number of fused-ring (bicyclic) bond motifs is 3. The number of carbonyl (C=O) groups excluding carboxylic acids is 2. The van der Waals surface area contributed by atoms with E-state index in [1.807, 2.05) is 24.3 Å². The van der Waals surface area contributed by atoms with Crippen LogP contribution in [0.2, 0.25) is 0 Å². The molecule has 106 valence electrons. The summed E-state index contributed by atoms with van der Waals surface area (Å²) in [5.74, 6) is 0. The Morgan fingerprint density at radius 2 is 1.19 bits per heavy atom. The van der Waals surface area contributed by atoms with Crippen LogP contribution in [-0.4, -0.2) is 10.5 Å². The molecule has 0 saturated carbocycles. The highest BCUT2D eigenvalue weighted by molar-refractivity contribution is 6.68. The minimum atomic E-state index is -0.471. The molecule has 0 fully saturated rings. The van der Waals surface area contributed by atoms with Crippen LogP contribution in [0.25, 0.3) is 11.1 Å². The standard InChI is InChI=1S/C17H12Cl2O2/c1-17(2)13-7-9(15(18)20)3-5-11(13)12-6-4-10(16(19)21)8-14(12)17/h3-8H,1-2H3. The molecular weight excluding hydrogens is 307 g/mol. The van der Waals surface area contributed by atoms with Gasteiger partial charge in [-0.2, -0.15) is 0 Å². The molecule has 0 saturated heterocycles. The molecule has 2 aromatic rings. The summed E-state index contributed by atoms with van der Waals surface area (Å²) in [7, 11) is 0. The summed E-state index contributed by atoms with van der Waals surface area (Å²) in [6, 6.07) is 10.9. The third-order valence-electron chi connectivity index (χ3n) is 4.13. The van der Waals surface area contributed by atoms with Crippen molar-refractivity contribution < 1.29 is 9.59 Å². The molecule has 0 atom stereocenters. The highest BCUT2D eigenvalue weighted by Crippen LogP contribution is 2.49. The molecule has 2 aromatic carbocycles. The number of hydrogen-bond donors (Lipinski definition) is 0. The van der Waals surface area contributed by atoms with Crippen molar-refractivity contribution in [3.05, 3.63) is 58.7 Å². The number of carbonyl (C=O) groups is 2. The predicted molar refractivity (Wildman–Crippen MR) is 84.4 cm³/mol. The van der Waals surface area contributed by atoms with E-state index in [-0.39, 0.29) is 5.41 Å². The van der Waals surface area contributed by atoms with Gasteiger partial charge in [0.2, 0.25) is 0 Å². The largest absolute Gasteiger partial charge is 0.276 e. The van der Waals surface area contributed by atoms with Gasteiger partial charge in [0.1, 0.15) is 0 Å². The van der Waals surface area contributed by atoms with Gasteiger partial charge in [-0.05, 0) is 69.7 Å². The first kappa shape index (κ1) is 14.3. The average Bonchev–Trinajstić information content (AvgIpc) is 2.67. The molecule has 0 heterocycles. The van der Waals surface area contributed by atoms with Gasteiger partial charge in [0.15, 0.2) is 0 Å². The minimum Gasteiger partial charge on any atom is -0.276 e. The van der Waals surface area contributed by atoms with E-state index in [9.17, 15) is 9.59 Å². The summed E-state index contributed by atoms with van der Waals surface area (Å²) in [5.41, 5.74) is 4.83. The SMILES string of the molecule is CC1(C)c2cc(C(=O)Cl)ccc2-c2ccc(C(=O)Cl)cc21. The fraction of sp³-hybridized carbons (Fsp3) is 0.176. The van der Waals surface area contributed by atoms with Crippen molar-refractivity contribution in [2.45, 2.75) is 19.3 Å². The van der Waals surface area contributed by atoms with Gasteiger partial charge in [-0.1, -0.05) is 26.0 Å². The third kappa shape index (κ3) is 2.10. The van der Waals surface area contributed by atoms with Crippen molar-refractivity contribution in [1.29, 1.82) is 0 Å². The fourth-order valence-corrected chi connectivity index (χ4v) is 3.22. The Morgan fingerprint density at radius 3 is 1.52 bits per heavy atom. The topological polar surface area (TPSA) is 34.1 Å². The highest BCUT2D eigenvalue weighted by atomic mass is 35.5. The Hall–Kier alpha value is -1.64. The van der Waals surface area contributed by atoms with Crippen LogP contribution >= 0.6 is 23.2 Å². The van der Waals surface area contributed by atoms with Crippen LogP contribution in [0.15, 0.2) is 36.4 Å². The molecule has 1 aliphatic rings. The van der Waals surface area contributed by atoms with E-state index in [0.29, 0.717) is 11.1 Å². The zero-order valence-corrected chi connectivity index (χ0v) is 13.0. The second kappa shape index (κ2) is 4.69. The van der Waals surface area contributed by atoms with Gasteiger partial charge >= 0.3 is 0 Å². The van der Waals surface area contributed by atoms with E-state index in [2.05, 4.69) is 13.8 Å². The second-order valence-corrected chi connectivity index (χ2v) is 6.38. The molecule has 21 heavy (non-hydrogen) atoms. The van der Waals surface area contributed by atoms with Crippen molar-refractivity contribution in [2.75, 3.05) is 0 Å². The smallest absolute Gasteiger partial charge is 0.252 e. The first-order chi connectivity index (χ1) is 9.82. The van der Waals surface area contributed by atoms with Crippen LogP contribution in [0, 0.1) is 0 Å². The third-order valence-corrected chi connectivity index (χ3v) is 4.57. The first-order valence-corrected chi connectivity index (χ1v) is 7.27. The van der Waals surface area contributed by atoms with Gasteiger partial charge in [0.25, 0.3) is 10.5 Å². The van der Waals surface area contributed by atoms with Crippen molar-refractivity contribution in [2.24, 2.45) is 0 Å². The zero-order chi connectivity index (χ0) is 15.4. The average molecular weight is 319 g/mol. The lowest BCUT2D eigenvalue weighted by Gasteiger charge is -2.22. The van der Waals surface area contributed by atoms with E-state index in [0.717, 1.165) is 22.3 Å². The summed E-state index contributed by atoms with van der Waals surface area (Å²) in [6.45, 7) is 4.12. The maximum atomic E-state index is 11.4. The molecule has 0 unspecified atom stereocenters. The lowest BCUT2D eigenvalue weighted by molar-refractivity contribution is 0.107. The van der Waals surface area contributed by atoms with E-state index in [4.69, 9.17) is 23.2 Å². The summed E-state index contributed by atoms with van der Waals surface area (Å²) >= 11 is 11.2. The lowest BCUT2D eigenvalue weighted by atomic mass is 9.81. The summed E-state index contributed by atoms with van der Waals surface area (Å²) in [6.07, 6.45) is 0. The lowest BCUT2D eigenvalue weighted by Crippen LogP contribution is -2.16.